The van der Waals surface area contributed by atoms with Crippen molar-refractivity contribution in [3.8, 4) is 10.4 Å². The van der Waals surface area contributed by atoms with Crippen molar-refractivity contribution in [1.82, 2.24) is 10.6 Å². The topological polar surface area (TPSA) is 67.4 Å². The standard InChI is InChI=1S/C19H22N2O3S/c1-2-10-20-19(23)17-8-7-16(25-17)13-3-5-14(6-4-13)18(22)21-15-9-11-24-12-15/h3-8,15H,2,9-12H2,1H3,(H,20,23)(H,21,22)/t15-/m1/s1. The van der Waals surface area contributed by atoms with Gasteiger partial charge in [0.25, 0.3) is 11.8 Å². The predicted molar refractivity (Wildman–Crippen MR) is 99.1 cm³/mol. The first kappa shape index (κ1) is 17.6. The number of rotatable bonds is 6. The number of benzene rings is 1. The second-order valence-corrected chi connectivity index (χ2v) is 7.11. The smallest absolute Gasteiger partial charge is 0.261 e. The van der Waals surface area contributed by atoms with E-state index in [4.69, 9.17) is 4.74 Å². The Labute approximate surface area is 151 Å². The molecule has 2 aromatic rings. The van der Waals surface area contributed by atoms with Gasteiger partial charge in [-0.25, -0.2) is 0 Å². The normalized spacial score (nSPS) is 16.6. The summed E-state index contributed by atoms with van der Waals surface area (Å²) in [5.74, 6) is -0.110. The molecule has 1 aromatic heterocycles. The van der Waals surface area contributed by atoms with Gasteiger partial charge in [-0.2, -0.15) is 0 Å². The van der Waals surface area contributed by atoms with Crippen LogP contribution < -0.4 is 10.6 Å². The van der Waals surface area contributed by atoms with Crippen molar-refractivity contribution in [2.75, 3.05) is 19.8 Å². The summed E-state index contributed by atoms with van der Waals surface area (Å²) in [6.07, 6.45) is 1.78. The molecule has 1 aromatic carbocycles. The lowest BCUT2D eigenvalue weighted by atomic mass is 10.1. The van der Waals surface area contributed by atoms with Gasteiger partial charge in [0, 0.05) is 23.6 Å². The highest BCUT2D eigenvalue weighted by molar-refractivity contribution is 7.17. The summed E-state index contributed by atoms with van der Waals surface area (Å²) in [5, 5.41) is 5.86. The molecule has 6 heteroatoms. The van der Waals surface area contributed by atoms with E-state index in [0.717, 1.165) is 23.3 Å². The second-order valence-electron chi connectivity index (χ2n) is 6.03. The van der Waals surface area contributed by atoms with Crippen LogP contribution in [0.2, 0.25) is 0 Å². The number of hydrogen-bond acceptors (Lipinski definition) is 4. The Balaban J connectivity index is 1.64. The van der Waals surface area contributed by atoms with Gasteiger partial charge in [0.2, 0.25) is 0 Å². The molecule has 1 aliphatic rings. The number of carbonyl (C=O) groups is 2. The van der Waals surface area contributed by atoms with Crippen LogP contribution in [0.1, 0.15) is 39.8 Å². The fourth-order valence-electron chi connectivity index (χ4n) is 2.64. The molecule has 0 bridgehead atoms. The largest absolute Gasteiger partial charge is 0.379 e. The summed E-state index contributed by atoms with van der Waals surface area (Å²) in [6.45, 7) is 4.00. The molecule has 25 heavy (non-hydrogen) atoms. The maximum atomic E-state index is 12.2. The third-order valence-electron chi connectivity index (χ3n) is 4.06. The summed E-state index contributed by atoms with van der Waals surface area (Å²) in [4.78, 5) is 25.9. The quantitative estimate of drug-likeness (QED) is 0.834. The van der Waals surface area contributed by atoms with Crippen molar-refractivity contribution in [1.29, 1.82) is 0 Å². The molecule has 1 aliphatic heterocycles. The van der Waals surface area contributed by atoms with Crippen LogP contribution in [-0.4, -0.2) is 37.6 Å². The predicted octanol–water partition coefficient (Wildman–Crippen LogP) is 3.07. The monoisotopic (exact) mass is 358 g/mol. The van der Waals surface area contributed by atoms with Crippen molar-refractivity contribution < 1.29 is 14.3 Å². The Hall–Kier alpha value is -2.18. The van der Waals surface area contributed by atoms with Crippen molar-refractivity contribution in [3.05, 3.63) is 46.8 Å². The first-order valence-corrected chi connectivity index (χ1v) is 9.36. The third kappa shape index (κ3) is 4.46. The molecule has 1 fully saturated rings. The average molecular weight is 358 g/mol. The van der Waals surface area contributed by atoms with Crippen LogP contribution >= 0.6 is 11.3 Å². The van der Waals surface area contributed by atoms with Crippen molar-refractivity contribution in [3.63, 3.8) is 0 Å². The molecule has 1 saturated heterocycles. The molecule has 3 rings (SSSR count). The number of amides is 2. The highest BCUT2D eigenvalue weighted by Crippen LogP contribution is 2.28. The van der Waals surface area contributed by atoms with Crippen molar-refractivity contribution >= 4 is 23.2 Å². The molecule has 0 unspecified atom stereocenters. The molecule has 0 radical (unpaired) electrons. The summed E-state index contributed by atoms with van der Waals surface area (Å²) < 4.78 is 5.27. The number of nitrogens with one attached hydrogen (secondary N) is 2. The lowest BCUT2D eigenvalue weighted by Gasteiger charge is -2.10. The van der Waals surface area contributed by atoms with Crippen LogP contribution in [0.15, 0.2) is 36.4 Å². The number of ether oxygens (including phenoxy) is 1. The molecule has 0 spiro atoms. The zero-order valence-corrected chi connectivity index (χ0v) is 15.0. The van der Waals surface area contributed by atoms with E-state index in [1.165, 1.54) is 11.3 Å². The lowest BCUT2D eigenvalue weighted by molar-refractivity contribution is 0.0928. The highest BCUT2D eigenvalue weighted by Gasteiger charge is 2.18. The number of hydrogen-bond donors (Lipinski definition) is 2. The van der Waals surface area contributed by atoms with Crippen LogP contribution in [-0.2, 0) is 4.74 Å². The van der Waals surface area contributed by atoms with E-state index >= 15 is 0 Å². The number of carbonyl (C=O) groups excluding carboxylic acids is 2. The van der Waals surface area contributed by atoms with Gasteiger partial charge >= 0.3 is 0 Å². The van der Waals surface area contributed by atoms with Crippen LogP contribution in [0.3, 0.4) is 0 Å². The Bertz CT molecular complexity index is 733. The molecule has 2 heterocycles. The third-order valence-corrected chi connectivity index (χ3v) is 5.19. The number of thiophene rings is 1. The summed E-state index contributed by atoms with van der Waals surface area (Å²) >= 11 is 1.46. The second kappa shape index (κ2) is 8.27. The molecule has 2 N–H and O–H groups in total. The summed E-state index contributed by atoms with van der Waals surface area (Å²) in [6, 6.07) is 11.4. The SMILES string of the molecule is CCCNC(=O)c1ccc(-c2ccc(C(=O)N[C@@H]3CCOC3)cc2)s1. The van der Waals surface area contributed by atoms with E-state index in [9.17, 15) is 9.59 Å². The van der Waals surface area contributed by atoms with Crippen LogP contribution in [0.5, 0.6) is 0 Å². The first-order chi connectivity index (χ1) is 12.2. The fraction of sp³-hybridized carbons (Fsp3) is 0.368. The Morgan fingerprint density at radius 1 is 1.16 bits per heavy atom. The van der Waals surface area contributed by atoms with Gasteiger partial charge in [0.15, 0.2) is 0 Å². The van der Waals surface area contributed by atoms with E-state index in [-0.39, 0.29) is 17.9 Å². The van der Waals surface area contributed by atoms with Crippen molar-refractivity contribution in [2.24, 2.45) is 0 Å². The maximum Gasteiger partial charge on any atom is 0.261 e. The molecule has 132 valence electrons. The minimum absolute atomic E-state index is 0.0344. The van der Waals surface area contributed by atoms with E-state index < -0.39 is 0 Å². The van der Waals surface area contributed by atoms with Gasteiger partial charge in [-0.05, 0) is 42.7 Å². The summed E-state index contributed by atoms with van der Waals surface area (Å²) in [5.41, 5.74) is 1.63. The van der Waals surface area contributed by atoms with Crippen LogP contribution in [0.25, 0.3) is 10.4 Å². The molecule has 0 saturated carbocycles. The van der Waals surface area contributed by atoms with Gasteiger partial charge < -0.3 is 15.4 Å². The van der Waals surface area contributed by atoms with Gasteiger partial charge in [0.05, 0.1) is 17.5 Å². The van der Waals surface area contributed by atoms with Gasteiger partial charge in [-0.15, -0.1) is 11.3 Å². The Kier molecular flexibility index (Phi) is 5.83. The average Bonchev–Trinajstić information content (AvgIpc) is 3.31. The van der Waals surface area contributed by atoms with Gasteiger partial charge in [0.1, 0.15) is 0 Å². The molecule has 2 amide bonds. The first-order valence-electron chi connectivity index (χ1n) is 8.54. The van der Waals surface area contributed by atoms with E-state index in [1.54, 1.807) is 0 Å². The van der Waals surface area contributed by atoms with Crippen LogP contribution in [0.4, 0.5) is 0 Å². The molecule has 5 nitrogen and oxygen atoms in total. The zero-order chi connectivity index (χ0) is 17.6. The molecular weight excluding hydrogens is 336 g/mol. The minimum atomic E-state index is -0.0761. The van der Waals surface area contributed by atoms with E-state index in [2.05, 4.69) is 10.6 Å². The maximum absolute atomic E-state index is 12.2. The van der Waals surface area contributed by atoms with Crippen LogP contribution in [0, 0.1) is 0 Å². The Morgan fingerprint density at radius 2 is 1.96 bits per heavy atom. The van der Waals surface area contributed by atoms with Crippen molar-refractivity contribution in [2.45, 2.75) is 25.8 Å². The zero-order valence-electron chi connectivity index (χ0n) is 14.2. The highest BCUT2D eigenvalue weighted by atomic mass is 32.1. The molecular formula is C19H22N2O3S. The van der Waals surface area contributed by atoms with E-state index in [1.807, 2.05) is 43.3 Å². The van der Waals surface area contributed by atoms with Gasteiger partial charge in [-0.3, -0.25) is 9.59 Å². The molecule has 1 atom stereocenters. The van der Waals surface area contributed by atoms with E-state index in [0.29, 0.717) is 30.2 Å². The molecule has 0 aliphatic carbocycles. The fourth-order valence-corrected chi connectivity index (χ4v) is 3.57. The summed E-state index contributed by atoms with van der Waals surface area (Å²) in [7, 11) is 0. The lowest BCUT2D eigenvalue weighted by Crippen LogP contribution is -2.34. The van der Waals surface area contributed by atoms with Gasteiger partial charge in [-0.1, -0.05) is 19.1 Å². The Morgan fingerprint density at radius 3 is 2.64 bits per heavy atom. The minimum Gasteiger partial charge on any atom is -0.379 e.